The summed E-state index contributed by atoms with van der Waals surface area (Å²) < 4.78 is 43.6. The number of amides is 1. The van der Waals surface area contributed by atoms with Crippen molar-refractivity contribution in [3.8, 4) is 0 Å². The monoisotopic (exact) mass is 552 g/mol. The van der Waals surface area contributed by atoms with Crippen LogP contribution in [0.4, 0.5) is 4.39 Å². The summed E-state index contributed by atoms with van der Waals surface area (Å²) in [5.74, 6) is 0.537. The Balaban J connectivity index is 1.21. The molecule has 8 nitrogen and oxygen atoms in total. The Morgan fingerprint density at radius 1 is 0.923 bits per heavy atom. The average molecular weight is 553 g/mol. The molecule has 39 heavy (non-hydrogen) atoms. The number of nitrogens with one attached hydrogen (secondary N) is 1. The minimum Gasteiger partial charge on any atom is -0.367 e. The first kappa shape index (κ1) is 28.4. The van der Waals surface area contributed by atoms with Crippen molar-refractivity contribution in [3.05, 3.63) is 95.6 Å². The number of imidazole rings is 1. The third kappa shape index (κ3) is 8.44. The van der Waals surface area contributed by atoms with Gasteiger partial charge < -0.3 is 14.6 Å². The van der Waals surface area contributed by atoms with Gasteiger partial charge in [-0.2, -0.15) is 0 Å². The number of hydrogen-bond acceptors (Lipinski definition) is 5. The molecule has 3 aromatic carbocycles. The quantitative estimate of drug-likeness (QED) is 0.228. The first-order valence-electron chi connectivity index (χ1n) is 12.9. The second kappa shape index (κ2) is 13.5. The highest BCUT2D eigenvalue weighted by Crippen LogP contribution is 2.19. The van der Waals surface area contributed by atoms with Crippen molar-refractivity contribution in [2.75, 3.05) is 13.2 Å². The van der Waals surface area contributed by atoms with Crippen molar-refractivity contribution >= 4 is 27.0 Å². The molecule has 0 saturated heterocycles. The predicted octanol–water partition coefficient (Wildman–Crippen LogP) is 4.11. The van der Waals surface area contributed by atoms with Gasteiger partial charge in [-0.25, -0.2) is 22.9 Å². The van der Waals surface area contributed by atoms with Gasteiger partial charge in [-0.05, 0) is 66.8 Å². The van der Waals surface area contributed by atoms with Crippen LogP contribution < -0.4 is 10.5 Å². The molecule has 206 valence electrons. The van der Waals surface area contributed by atoms with Crippen LogP contribution in [0.3, 0.4) is 0 Å². The van der Waals surface area contributed by atoms with Crippen molar-refractivity contribution in [3.63, 3.8) is 0 Å². The van der Waals surface area contributed by atoms with Crippen LogP contribution in [-0.2, 0) is 45.5 Å². The van der Waals surface area contributed by atoms with Gasteiger partial charge in [0.05, 0.1) is 22.5 Å². The topological polar surface area (TPSA) is 116 Å². The molecular weight excluding hydrogens is 519 g/mol. The van der Waals surface area contributed by atoms with Crippen LogP contribution in [0.25, 0.3) is 11.0 Å². The summed E-state index contributed by atoms with van der Waals surface area (Å²) in [5, 5.41) is 8.07. The normalized spacial score (nSPS) is 11.6. The second-order valence-corrected chi connectivity index (χ2v) is 10.9. The molecule has 0 unspecified atom stereocenters. The summed E-state index contributed by atoms with van der Waals surface area (Å²) in [4.78, 5) is 16.9. The number of unbranched alkanes of at least 4 members (excludes halogenated alkanes) is 2. The predicted molar refractivity (Wildman–Crippen MR) is 148 cm³/mol. The molecule has 0 spiro atoms. The summed E-state index contributed by atoms with van der Waals surface area (Å²) in [6.45, 7) is 1.52. The lowest BCUT2D eigenvalue weighted by molar-refractivity contribution is -0.126. The van der Waals surface area contributed by atoms with Crippen molar-refractivity contribution in [1.29, 1.82) is 0 Å². The Bertz CT molecular complexity index is 1490. The zero-order valence-corrected chi connectivity index (χ0v) is 22.5. The third-order valence-electron chi connectivity index (χ3n) is 6.42. The molecule has 4 aromatic rings. The summed E-state index contributed by atoms with van der Waals surface area (Å²) in [7, 11) is -3.71. The van der Waals surface area contributed by atoms with Crippen LogP contribution in [0.5, 0.6) is 0 Å². The van der Waals surface area contributed by atoms with Crippen LogP contribution >= 0.6 is 0 Å². The zero-order valence-electron chi connectivity index (χ0n) is 21.7. The Morgan fingerprint density at radius 2 is 1.64 bits per heavy atom. The molecule has 0 aliphatic heterocycles. The van der Waals surface area contributed by atoms with Crippen molar-refractivity contribution < 1.29 is 22.3 Å². The SMILES string of the molecule is NS(=O)(=O)c1ccc(CCn2c(CCCCCNC(=O)COCc3ccc(F)cc3)nc3ccccc32)cc1. The van der Waals surface area contributed by atoms with Gasteiger partial charge in [0.15, 0.2) is 0 Å². The molecular formula is C29H33FN4O4S. The number of halogens is 1. The van der Waals surface area contributed by atoms with E-state index in [1.165, 1.54) is 24.3 Å². The minimum absolute atomic E-state index is 0.0356. The molecule has 10 heteroatoms. The standard InChI is InChI=1S/C29H33FN4O4S/c30-24-13-9-23(10-14-24)20-38-21-29(35)32-18-5-1-2-8-28-33-26-6-3-4-7-27(26)34(28)19-17-22-11-15-25(16-12-22)39(31,36)37/h3-4,6-7,9-16H,1-2,5,8,17-21H2,(H,32,35)(H2,31,36,37). The lowest BCUT2D eigenvalue weighted by atomic mass is 10.1. The molecule has 1 aromatic heterocycles. The van der Waals surface area contributed by atoms with E-state index in [0.29, 0.717) is 6.54 Å². The average Bonchev–Trinajstić information content (AvgIpc) is 3.27. The Hall–Kier alpha value is -3.60. The molecule has 1 heterocycles. The molecule has 0 atom stereocenters. The smallest absolute Gasteiger partial charge is 0.246 e. The number of ether oxygens (including phenoxy) is 1. The van der Waals surface area contributed by atoms with E-state index in [1.54, 1.807) is 24.3 Å². The maximum atomic E-state index is 12.9. The lowest BCUT2D eigenvalue weighted by Gasteiger charge is -2.10. The highest BCUT2D eigenvalue weighted by atomic mass is 32.2. The first-order chi connectivity index (χ1) is 18.8. The highest BCUT2D eigenvalue weighted by Gasteiger charge is 2.12. The maximum absolute atomic E-state index is 12.9. The number of sulfonamides is 1. The van der Waals surface area contributed by atoms with E-state index in [-0.39, 0.29) is 29.8 Å². The van der Waals surface area contributed by atoms with E-state index >= 15 is 0 Å². The van der Waals surface area contributed by atoms with Crippen LogP contribution in [0, 0.1) is 5.82 Å². The fourth-order valence-corrected chi connectivity index (χ4v) is 4.87. The van der Waals surface area contributed by atoms with Gasteiger partial charge in [-0.1, -0.05) is 42.8 Å². The molecule has 1 amide bonds. The number of carbonyl (C=O) groups is 1. The number of primary sulfonamides is 1. The number of fused-ring (bicyclic) bond motifs is 1. The summed E-state index contributed by atoms with van der Waals surface area (Å²) in [5.41, 5.74) is 3.85. The maximum Gasteiger partial charge on any atom is 0.246 e. The van der Waals surface area contributed by atoms with Gasteiger partial charge in [0, 0.05) is 19.5 Å². The van der Waals surface area contributed by atoms with Gasteiger partial charge in [-0.3, -0.25) is 4.79 Å². The molecule has 0 aliphatic rings. The first-order valence-corrected chi connectivity index (χ1v) is 14.5. The van der Waals surface area contributed by atoms with Gasteiger partial charge in [0.25, 0.3) is 0 Å². The fraction of sp³-hybridized carbons (Fsp3) is 0.310. The zero-order chi connectivity index (χ0) is 27.7. The number of rotatable bonds is 14. The molecule has 0 saturated carbocycles. The third-order valence-corrected chi connectivity index (χ3v) is 7.35. The van der Waals surface area contributed by atoms with Crippen molar-refractivity contribution in [2.45, 2.75) is 50.2 Å². The number of benzene rings is 3. The van der Waals surface area contributed by atoms with Crippen LogP contribution in [0.15, 0.2) is 77.7 Å². The molecule has 0 radical (unpaired) electrons. The summed E-state index contributed by atoms with van der Waals surface area (Å²) in [6.07, 6.45) is 4.26. The Kier molecular flexibility index (Phi) is 9.80. The van der Waals surface area contributed by atoms with Gasteiger partial charge >= 0.3 is 0 Å². The number of nitrogens with zero attached hydrogens (tertiary/aromatic N) is 2. The number of para-hydroxylation sites is 2. The minimum atomic E-state index is -3.71. The summed E-state index contributed by atoms with van der Waals surface area (Å²) in [6, 6.07) is 20.7. The van der Waals surface area contributed by atoms with E-state index in [9.17, 15) is 17.6 Å². The molecule has 0 aliphatic carbocycles. The van der Waals surface area contributed by atoms with Gasteiger partial charge in [0.2, 0.25) is 15.9 Å². The Labute approximate surface area is 228 Å². The van der Waals surface area contributed by atoms with E-state index in [4.69, 9.17) is 14.9 Å². The number of hydrogen-bond donors (Lipinski definition) is 2. The van der Waals surface area contributed by atoms with E-state index in [1.807, 2.05) is 18.2 Å². The van der Waals surface area contributed by atoms with Crippen LogP contribution in [-0.4, -0.2) is 37.0 Å². The second-order valence-electron chi connectivity index (χ2n) is 9.39. The highest BCUT2D eigenvalue weighted by molar-refractivity contribution is 7.89. The summed E-state index contributed by atoms with van der Waals surface area (Å²) >= 11 is 0. The van der Waals surface area contributed by atoms with Gasteiger partial charge in [-0.15, -0.1) is 0 Å². The molecule has 4 rings (SSSR count). The van der Waals surface area contributed by atoms with Crippen LogP contribution in [0.2, 0.25) is 0 Å². The number of aromatic nitrogens is 2. The number of nitrogens with two attached hydrogens (primary N) is 1. The van der Waals surface area contributed by atoms with Crippen LogP contribution in [0.1, 0.15) is 36.2 Å². The van der Waals surface area contributed by atoms with Crippen molar-refractivity contribution in [2.24, 2.45) is 5.14 Å². The van der Waals surface area contributed by atoms with E-state index in [2.05, 4.69) is 16.0 Å². The molecule has 3 N–H and O–H groups in total. The number of aryl methyl sites for hydroxylation is 3. The van der Waals surface area contributed by atoms with Gasteiger partial charge in [0.1, 0.15) is 18.2 Å². The number of carbonyl (C=O) groups excluding carboxylic acids is 1. The molecule has 0 fully saturated rings. The Morgan fingerprint density at radius 3 is 2.38 bits per heavy atom. The van der Waals surface area contributed by atoms with E-state index in [0.717, 1.165) is 66.6 Å². The molecule has 0 bridgehead atoms. The van der Waals surface area contributed by atoms with E-state index < -0.39 is 10.0 Å². The fourth-order valence-electron chi connectivity index (χ4n) is 4.36. The largest absolute Gasteiger partial charge is 0.367 e. The van der Waals surface area contributed by atoms with Crippen molar-refractivity contribution in [1.82, 2.24) is 14.9 Å². The lowest BCUT2D eigenvalue weighted by Crippen LogP contribution is -2.28.